The molecule has 2 aromatic heterocycles. The third kappa shape index (κ3) is 7.92. The highest BCUT2D eigenvalue weighted by Gasteiger charge is 2.37. The number of carbonyl (C=O) groups excluding carboxylic acids is 1. The fraction of sp³-hybridized carbons (Fsp3) is 0.645. The average Bonchev–Trinajstić information content (AvgIpc) is 2.82. The Kier molecular flexibility index (Phi) is 9.80. The Bertz CT molecular complexity index is 1060. The molecule has 0 aromatic carbocycles. The SMILES string of the molecule is CCCCNc1ccc(-c2cnc(C)c(C(OC(C)(C)C)C(=O)OC(C)C)c2N2CCC(C)(C)CC2)cn1. The maximum atomic E-state index is 13.5. The summed E-state index contributed by atoms with van der Waals surface area (Å²) in [5.74, 6) is 0.474. The monoisotopic (exact) mass is 524 g/mol. The van der Waals surface area contributed by atoms with E-state index in [2.05, 4.69) is 42.0 Å². The van der Waals surface area contributed by atoms with E-state index in [0.717, 1.165) is 79.2 Å². The van der Waals surface area contributed by atoms with Crippen molar-refractivity contribution < 1.29 is 14.3 Å². The zero-order valence-corrected chi connectivity index (χ0v) is 25.0. The lowest BCUT2D eigenvalue weighted by Crippen LogP contribution is -2.39. The van der Waals surface area contributed by atoms with Crippen molar-refractivity contribution in [1.29, 1.82) is 0 Å². The number of nitrogens with zero attached hydrogens (tertiary/aromatic N) is 3. The Hall–Kier alpha value is -2.67. The van der Waals surface area contributed by atoms with E-state index in [4.69, 9.17) is 14.5 Å². The molecule has 3 heterocycles. The molecule has 38 heavy (non-hydrogen) atoms. The number of anilines is 2. The van der Waals surface area contributed by atoms with Crippen molar-refractivity contribution in [3.63, 3.8) is 0 Å². The predicted molar refractivity (Wildman–Crippen MR) is 156 cm³/mol. The lowest BCUT2D eigenvalue weighted by atomic mass is 9.82. The lowest BCUT2D eigenvalue weighted by molar-refractivity contribution is -0.171. The number of esters is 1. The number of rotatable bonds is 10. The molecule has 1 aliphatic rings. The van der Waals surface area contributed by atoms with Gasteiger partial charge in [-0.05, 0) is 78.4 Å². The number of carbonyl (C=O) groups is 1. The highest BCUT2D eigenvalue weighted by Crippen LogP contribution is 2.43. The standard InChI is InChI=1S/C31H48N4O3/c1-10-11-16-32-25-13-12-23(19-34-25)24-20-33-22(4)26(27(24)35-17-14-31(8,9)15-18-35)28(38-30(5,6)7)29(36)37-21(2)3/h12-13,19-21,28H,10-11,14-18H2,1-9H3,(H,32,34). The summed E-state index contributed by atoms with van der Waals surface area (Å²) >= 11 is 0. The van der Waals surface area contributed by atoms with E-state index >= 15 is 0 Å². The molecule has 3 rings (SSSR count). The Balaban J connectivity index is 2.15. The minimum absolute atomic E-state index is 0.249. The highest BCUT2D eigenvalue weighted by atomic mass is 16.6. The second kappa shape index (κ2) is 12.5. The fourth-order valence-corrected chi connectivity index (χ4v) is 4.73. The van der Waals surface area contributed by atoms with Gasteiger partial charge in [0.15, 0.2) is 6.10 Å². The van der Waals surface area contributed by atoms with Crippen LogP contribution < -0.4 is 10.2 Å². The van der Waals surface area contributed by atoms with Crippen molar-refractivity contribution in [1.82, 2.24) is 9.97 Å². The average molecular weight is 525 g/mol. The number of pyridine rings is 2. The number of hydrogen-bond donors (Lipinski definition) is 1. The minimum Gasteiger partial charge on any atom is -0.461 e. The first kappa shape index (κ1) is 29.9. The van der Waals surface area contributed by atoms with E-state index in [9.17, 15) is 4.79 Å². The van der Waals surface area contributed by atoms with E-state index in [1.807, 2.05) is 60.0 Å². The summed E-state index contributed by atoms with van der Waals surface area (Å²) in [6.07, 6.45) is 7.03. The molecule has 1 atom stereocenters. The molecule has 1 saturated heterocycles. The number of hydrogen-bond acceptors (Lipinski definition) is 7. The van der Waals surface area contributed by atoms with Crippen LogP contribution in [0.3, 0.4) is 0 Å². The van der Waals surface area contributed by atoms with Gasteiger partial charge in [0.1, 0.15) is 5.82 Å². The Labute approximate surface area is 229 Å². The molecule has 0 radical (unpaired) electrons. The van der Waals surface area contributed by atoms with Crippen LogP contribution in [0.1, 0.15) is 98.4 Å². The first-order chi connectivity index (χ1) is 17.8. The zero-order chi connectivity index (χ0) is 28.1. The molecule has 0 bridgehead atoms. The van der Waals surface area contributed by atoms with Crippen molar-refractivity contribution >= 4 is 17.5 Å². The van der Waals surface area contributed by atoms with E-state index in [0.29, 0.717) is 0 Å². The lowest BCUT2D eigenvalue weighted by Gasteiger charge is -2.41. The van der Waals surface area contributed by atoms with Crippen LogP contribution in [-0.2, 0) is 14.3 Å². The second-order valence-electron chi connectivity index (χ2n) is 12.5. The summed E-state index contributed by atoms with van der Waals surface area (Å²) in [6.45, 7) is 21.1. The van der Waals surface area contributed by atoms with Crippen LogP contribution in [0.5, 0.6) is 0 Å². The molecular weight excluding hydrogens is 476 g/mol. The number of piperidine rings is 1. The van der Waals surface area contributed by atoms with Gasteiger partial charge in [-0.25, -0.2) is 9.78 Å². The predicted octanol–water partition coefficient (Wildman–Crippen LogP) is 7.10. The number of aromatic nitrogens is 2. The summed E-state index contributed by atoms with van der Waals surface area (Å²) in [5, 5.41) is 3.39. The zero-order valence-electron chi connectivity index (χ0n) is 25.0. The van der Waals surface area contributed by atoms with Crippen LogP contribution in [-0.4, -0.2) is 47.3 Å². The van der Waals surface area contributed by atoms with Crippen LogP contribution in [0.15, 0.2) is 24.5 Å². The Morgan fingerprint density at radius 3 is 2.37 bits per heavy atom. The molecule has 7 heteroatoms. The van der Waals surface area contributed by atoms with Gasteiger partial charge in [-0.1, -0.05) is 27.2 Å². The number of ether oxygens (including phenoxy) is 2. The van der Waals surface area contributed by atoms with E-state index in [1.54, 1.807) is 0 Å². The first-order valence-electron chi connectivity index (χ1n) is 14.1. The topological polar surface area (TPSA) is 76.6 Å². The molecule has 0 aliphatic carbocycles. The number of nitrogens with one attached hydrogen (secondary N) is 1. The molecule has 210 valence electrons. The van der Waals surface area contributed by atoms with E-state index in [1.165, 1.54) is 0 Å². The molecule has 0 saturated carbocycles. The van der Waals surface area contributed by atoms with Gasteiger partial charge in [0.2, 0.25) is 0 Å². The third-order valence-electron chi connectivity index (χ3n) is 6.93. The van der Waals surface area contributed by atoms with Gasteiger partial charge < -0.3 is 19.7 Å². The van der Waals surface area contributed by atoms with Crippen molar-refractivity contribution in [2.75, 3.05) is 29.9 Å². The van der Waals surface area contributed by atoms with Crippen LogP contribution in [0, 0.1) is 12.3 Å². The Morgan fingerprint density at radius 2 is 1.82 bits per heavy atom. The summed E-state index contributed by atoms with van der Waals surface area (Å²) < 4.78 is 12.2. The summed E-state index contributed by atoms with van der Waals surface area (Å²) in [7, 11) is 0. The van der Waals surface area contributed by atoms with Crippen LogP contribution in [0.4, 0.5) is 11.5 Å². The summed E-state index contributed by atoms with van der Waals surface area (Å²) in [6, 6.07) is 4.10. The van der Waals surface area contributed by atoms with Gasteiger partial charge in [0.05, 0.1) is 17.4 Å². The van der Waals surface area contributed by atoms with E-state index < -0.39 is 11.7 Å². The minimum atomic E-state index is -0.891. The molecule has 1 N–H and O–H groups in total. The van der Waals surface area contributed by atoms with E-state index in [-0.39, 0.29) is 17.5 Å². The maximum Gasteiger partial charge on any atom is 0.340 e. The molecule has 0 spiro atoms. The van der Waals surface area contributed by atoms with Gasteiger partial charge in [-0.3, -0.25) is 4.98 Å². The Morgan fingerprint density at radius 1 is 1.13 bits per heavy atom. The van der Waals surface area contributed by atoms with Crippen molar-refractivity contribution in [3.8, 4) is 11.1 Å². The molecule has 0 amide bonds. The summed E-state index contributed by atoms with van der Waals surface area (Å²) in [4.78, 5) is 25.4. The molecule has 1 aliphatic heterocycles. The first-order valence-corrected chi connectivity index (χ1v) is 14.1. The van der Waals surface area contributed by atoms with Crippen LogP contribution >= 0.6 is 0 Å². The van der Waals surface area contributed by atoms with Crippen molar-refractivity contribution in [3.05, 3.63) is 35.8 Å². The van der Waals surface area contributed by atoms with Gasteiger partial charge in [-0.2, -0.15) is 0 Å². The van der Waals surface area contributed by atoms with Crippen LogP contribution in [0.25, 0.3) is 11.1 Å². The molecular formula is C31H48N4O3. The maximum absolute atomic E-state index is 13.5. The molecule has 1 fully saturated rings. The largest absolute Gasteiger partial charge is 0.461 e. The third-order valence-corrected chi connectivity index (χ3v) is 6.93. The smallest absolute Gasteiger partial charge is 0.340 e. The van der Waals surface area contributed by atoms with Gasteiger partial charge in [0.25, 0.3) is 0 Å². The second-order valence-corrected chi connectivity index (χ2v) is 12.5. The van der Waals surface area contributed by atoms with Gasteiger partial charge >= 0.3 is 5.97 Å². The molecule has 7 nitrogen and oxygen atoms in total. The molecule has 2 aromatic rings. The number of unbranched alkanes of at least 4 members (excludes halogenated alkanes) is 1. The number of aryl methyl sites for hydroxylation is 1. The van der Waals surface area contributed by atoms with Gasteiger partial charge in [-0.15, -0.1) is 0 Å². The van der Waals surface area contributed by atoms with Crippen molar-refractivity contribution in [2.24, 2.45) is 5.41 Å². The highest BCUT2D eigenvalue weighted by molar-refractivity contribution is 5.87. The van der Waals surface area contributed by atoms with Crippen LogP contribution in [0.2, 0.25) is 0 Å². The fourth-order valence-electron chi connectivity index (χ4n) is 4.73. The molecule has 1 unspecified atom stereocenters. The normalized spacial score (nSPS) is 16.4. The summed E-state index contributed by atoms with van der Waals surface area (Å²) in [5.41, 5.74) is 4.20. The van der Waals surface area contributed by atoms with Crippen molar-refractivity contribution in [2.45, 2.75) is 106 Å². The van der Waals surface area contributed by atoms with Gasteiger partial charge in [0, 0.05) is 54.4 Å². The quantitative estimate of drug-likeness (QED) is 0.262.